The molecule has 0 radical (unpaired) electrons. The summed E-state index contributed by atoms with van der Waals surface area (Å²) in [5, 5.41) is 6.87. The maximum absolute atomic E-state index is 13.8. The maximum Gasteiger partial charge on any atom is 0.222 e. The molecule has 1 aliphatic heterocycles. The van der Waals surface area contributed by atoms with Crippen molar-refractivity contribution in [3.05, 3.63) is 42.5 Å². The van der Waals surface area contributed by atoms with Crippen LogP contribution < -0.4 is 10.2 Å². The molecule has 8 heteroatoms. The second kappa shape index (κ2) is 6.72. The molecule has 23 heavy (non-hydrogen) atoms. The van der Waals surface area contributed by atoms with Gasteiger partial charge in [-0.3, -0.25) is 9.48 Å². The molecule has 1 aromatic carbocycles. The van der Waals surface area contributed by atoms with Crippen LogP contribution in [0.1, 0.15) is 12.8 Å². The lowest BCUT2D eigenvalue weighted by Crippen LogP contribution is -2.37. The number of nitrogens with zero attached hydrogens (tertiary/aromatic N) is 4. The van der Waals surface area contributed by atoms with Crippen LogP contribution >= 0.6 is 0 Å². The van der Waals surface area contributed by atoms with Crippen LogP contribution in [0.3, 0.4) is 0 Å². The summed E-state index contributed by atoms with van der Waals surface area (Å²) in [5.41, 5.74) is 0.366. The minimum atomic E-state index is -0.594. The van der Waals surface area contributed by atoms with Crippen LogP contribution in [0.15, 0.2) is 30.9 Å². The van der Waals surface area contributed by atoms with Crippen molar-refractivity contribution in [3.63, 3.8) is 0 Å². The van der Waals surface area contributed by atoms with Crippen molar-refractivity contribution in [3.8, 4) is 0 Å². The summed E-state index contributed by atoms with van der Waals surface area (Å²) in [6.07, 6.45) is 4.02. The molecule has 0 spiro atoms. The quantitative estimate of drug-likeness (QED) is 0.903. The van der Waals surface area contributed by atoms with Gasteiger partial charge in [-0.15, -0.1) is 0 Å². The first kappa shape index (κ1) is 15.4. The Morgan fingerprint density at radius 1 is 1.39 bits per heavy atom. The molecule has 1 fully saturated rings. The third kappa shape index (κ3) is 3.82. The van der Waals surface area contributed by atoms with E-state index in [-0.39, 0.29) is 11.9 Å². The summed E-state index contributed by atoms with van der Waals surface area (Å²) in [7, 11) is 0. The number of hydrogen-bond donors (Lipinski definition) is 1. The number of rotatable bonds is 5. The molecular formula is C15H17F2N5O. The SMILES string of the molecule is O=C(CCn1cncn1)N[C@@H]1CCN(c2ccc(F)cc2F)C1. The van der Waals surface area contributed by atoms with Crippen LogP contribution in [0.4, 0.5) is 14.5 Å². The van der Waals surface area contributed by atoms with Gasteiger partial charge in [0.25, 0.3) is 0 Å². The van der Waals surface area contributed by atoms with E-state index in [1.807, 2.05) is 4.90 Å². The van der Waals surface area contributed by atoms with E-state index in [9.17, 15) is 13.6 Å². The van der Waals surface area contributed by atoms with E-state index >= 15 is 0 Å². The fourth-order valence-electron chi connectivity index (χ4n) is 2.70. The third-order valence-corrected chi connectivity index (χ3v) is 3.84. The Bertz CT molecular complexity index is 677. The van der Waals surface area contributed by atoms with Crippen molar-refractivity contribution in [2.45, 2.75) is 25.4 Å². The van der Waals surface area contributed by atoms with Crippen molar-refractivity contribution in [1.82, 2.24) is 20.1 Å². The molecule has 0 bridgehead atoms. The standard InChI is InChI=1S/C15H17F2N5O/c16-11-1-2-14(13(17)7-11)21-5-3-12(8-21)20-15(23)4-6-22-10-18-9-19-22/h1-2,7,9-10,12H,3-6,8H2,(H,20,23)/t12-/m1/s1. The summed E-state index contributed by atoms with van der Waals surface area (Å²) < 4.78 is 28.3. The number of halogens is 2. The van der Waals surface area contributed by atoms with Gasteiger partial charge >= 0.3 is 0 Å². The summed E-state index contributed by atoms with van der Waals surface area (Å²) >= 11 is 0. The first-order chi connectivity index (χ1) is 11.1. The van der Waals surface area contributed by atoms with Gasteiger partial charge in [0.05, 0.1) is 12.2 Å². The van der Waals surface area contributed by atoms with Gasteiger partial charge in [-0.1, -0.05) is 0 Å². The van der Waals surface area contributed by atoms with Crippen LogP contribution in [0, 0.1) is 11.6 Å². The van der Waals surface area contributed by atoms with Gasteiger partial charge < -0.3 is 10.2 Å². The lowest BCUT2D eigenvalue weighted by Gasteiger charge is -2.19. The second-order valence-electron chi connectivity index (χ2n) is 5.50. The zero-order valence-electron chi connectivity index (χ0n) is 12.5. The normalized spacial score (nSPS) is 17.5. The number of benzene rings is 1. The van der Waals surface area contributed by atoms with Gasteiger partial charge in [-0.05, 0) is 18.6 Å². The Labute approximate surface area is 132 Å². The number of aromatic nitrogens is 3. The van der Waals surface area contributed by atoms with Crippen LogP contribution in [0.25, 0.3) is 0 Å². The second-order valence-corrected chi connectivity index (χ2v) is 5.50. The highest BCUT2D eigenvalue weighted by molar-refractivity contribution is 5.76. The van der Waals surface area contributed by atoms with Gasteiger partial charge in [-0.25, -0.2) is 13.8 Å². The lowest BCUT2D eigenvalue weighted by molar-refractivity contribution is -0.121. The number of hydrogen-bond acceptors (Lipinski definition) is 4. The molecule has 2 heterocycles. The molecule has 122 valence electrons. The van der Waals surface area contributed by atoms with Gasteiger partial charge in [-0.2, -0.15) is 5.10 Å². The van der Waals surface area contributed by atoms with Crippen LogP contribution in [0.5, 0.6) is 0 Å². The Morgan fingerprint density at radius 3 is 3.00 bits per heavy atom. The Balaban J connectivity index is 1.50. The zero-order valence-corrected chi connectivity index (χ0v) is 12.5. The molecule has 0 aliphatic carbocycles. The highest BCUT2D eigenvalue weighted by Crippen LogP contribution is 2.24. The smallest absolute Gasteiger partial charge is 0.222 e. The number of carbonyl (C=O) groups excluding carboxylic acids is 1. The van der Waals surface area contributed by atoms with Crippen molar-refractivity contribution >= 4 is 11.6 Å². The van der Waals surface area contributed by atoms with E-state index in [0.29, 0.717) is 31.7 Å². The molecule has 2 aromatic rings. The summed E-state index contributed by atoms with van der Waals surface area (Å²) in [4.78, 5) is 17.6. The topological polar surface area (TPSA) is 63.1 Å². The molecule has 0 unspecified atom stereocenters. The van der Waals surface area contributed by atoms with Crippen LogP contribution in [0.2, 0.25) is 0 Å². The molecular weight excluding hydrogens is 304 g/mol. The molecule has 1 saturated heterocycles. The van der Waals surface area contributed by atoms with Gasteiger partial charge in [0.1, 0.15) is 24.3 Å². The van der Waals surface area contributed by atoms with Gasteiger partial charge in [0.15, 0.2) is 0 Å². The first-order valence-corrected chi connectivity index (χ1v) is 7.43. The number of anilines is 1. The molecule has 1 atom stereocenters. The molecule has 1 N–H and O–H groups in total. The summed E-state index contributed by atoms with van der Waals surface area (Å²) in [6.45, 7) is 1.60. The van der Waals surface area contributed by atoms with Crippen LogP contribution in [-0.4, -0.2) is 39.8 Å². The fourth-order valence-corrected chi connectivity index (χ4v) is 2.70. The Hall–Kier alpha value is -2.51. The molecule has 1 aromatic heterocycles. The summed E-state index contributed by atoms with van der Waals surface area (Å²) in [6, 6.07) is 3.50. The highest BCUT2D eigenvalue weighted by Gasteiger charge is 2.25. The predicted molar refractivity (Wildman–Crippen MR) is 79.8 cm³/mol. The average molecular weight is 321 g/mol. The molecule has 1 amide bonds. The van der Waals surface area contributed by atoms with Crippen LogP contribution in [-0.2, 0) is 11.3 Å². The maximum atomic E-state index is 13.8. The Morgan fingerprint density at radius 2 is 2.26 bits per heavy atom. The summed E-state index contributed by atoms with van der Waals surface area (Å²) in [5.74, 6) is -1.25. The van der Waals surface area contributed by atoms with E-state index in [1.54, 1.807) is 11.0 Å². The fraction of sp³-hybridized carbons (Fsp3) is 0.400. The lowest BCUT2D eigenvalue weighted by atomic mass is 10.2. The van der Waals surface area contributed by atoms with E-state index < -0.39 is 11.6 Å². The predicted octanol–water partition coefficient (Wildman–Crippen LogP) is 1.34. The van der Waals surface area contributed by atoms with E-state index in [4.69, 9.17) is 0 Å². The van der Waals surface area contributed by atoms with Crippen molar-refractivity contribution in [1.29, 1.82) is 0 Å². The highest BCUT2D eigenvalue weighted by atomic mass is 19.1. The van der Waals surface area contributed by atoms with Gasteiger partial charge in [0.2, 0.25) is 5.91 Å². The minimum absolute atomic E-state index is 0.0392. The first-order valence-electron chi connectivity index (χ1n) is 7.43. The van der Waals surface area contributed by atoms with Gasteiger partial charge in [0, 0.05) is 31.6 Å². The Kier molecular flexibility index (Phi) is 4.50. The minimum Gasteiger partial charge on any atom is -0.367 e. The molecule has 3 rings (SSSR count). The zero-order chi connectivity index (χ0) is 16.2. The van der Waals surface area contributed by atoms with Crippen molar-refractivity contribution < 1.29 is 13.6 Å². The monoisotopic (exact) mass is 321 g/mol. The third-order valence-electron chi connectivity index (χ3n) is 3.84. The largest absolute Gasteiger partial charge is 0.367 e. The van der Waals surface area contributed by atoms with E-state index in [1.165, 1.54) is 18.5 Å². The molecule has 0 saturated carbocycles. The number of carbonyl (C=O) groups is 1. The number of nitrogens with one attached hydrogen (secondary N) is 1. The number of amides is 1. The van der Waals surface area contributed by atoms with E-state index in [2.05, 4.69) is 15.4 Å². The number of aryl methyl sites for hydroxylation is 1. The van der Waals surface area contributed by atoms with E-state index in [0.717, 1.165) is 12.5 Å². The molecule has 1 aliphatic rings. The van der Waals surface area contributed by atoms with Crippen molar-refractivity contribution in [2.75, 3.05) is 18.0 Å². The van der Waals surface area contributed by atoms with Crippen molar-refractivity contribution in [2.24, 2.45) is 0 Å². The average Bonchev–Trinajstić information content (AvgIpc) is 3.17. The molecule has 6 nitrogen and oxygen atoms in total.